The van der Waals surface area contributed by atoms with Crippen LogP contribution in [0.4, 0.5) is 5.69 Å². The predicted octanol–water partition coefficient (Wildman–Crippen LogP) is 2.46. The summed E-state index contributed by atoms with van der Waals surface area (Å²) in [5.41, 5.74) is 0.528. The van der Waals surface area contributed by atoms with E-state index in [9.17, 15) is 4.79 Å². The quantitative estimate of drug-likeness (QED) is 0.833. The Balaban J connectivity index is 2.75. The molecule has 0 bridgehead atoms. The van der Waals surface area contributed by atoms with Gasteiger partial charge in [-0.25, -0.2) is 0 Å². The topological polar surface area (TPSA) is 42.0 Å². The van der Waals surface area contributed by atoms with Gasteiger partial charge in [0.15, 0.2) is 0 Å². The first-order chi connectivity index (χ1) is 6.11. The van der Waals surface area contributed by atoms with Crippen molar-refractivity contribution < 1.29 is 4.79 Å². The van der Waals surface area contributed by atoms with Crippen molar-refractivity contribution in [2.45, 2.75) is 11.8 Å². The standard InChI is InChI=1S/C8H8BrClN2O/c1-5(9)8(13)12-7-4-11-3-2-6(7)10/h2-5H,1H3,(H,12,13). The highest BCUT2D eigenvalue weighted by Gasteiger charge is 2.10. The van der Waals surface area contributed by atoms with Crippen LogP contribution >= 0.6 is 27.5 Å². The Labute approximate surface area is 89.6 Å². The van der Waals surface area contributed by atoms with Crippen molar-refractivity contribution in [2.24, 2.45) is 0 Å². The van der Waals surface area contributed by atoms with Gasteiger partial charge in [-0.1, -0.05) is 27.5 Å². The van der Waals surface area contributed by atoms with Gasteiger partial charge in [-0.3, -0.25) is 9.78 Å². The summed E-state index contributed by atoms with van der Waals surface area (Å²) in [6, 6.07) is 1.62. The van der Waals surface area contributed by atoms with Crippen LogP contribution in [0, 0.1) is 0 Å². The van der Waals surface area contributed by atoms with E-state index < -0.39 is 0 Å². The number of hydrogen-bond donors (Lipinski definition) is 1. The van der Waals surface area contributed by atoms with Gasteiger partial charge in [0.2, 0.25) is 5.91 Å². The minimum Gasteiger partial charge on any atom is -0.323 e. The Morgan fingerprint density at radius 1 is 1.77 bits per heavy atom. The number of nitrogens with one attached hydrogen (secondary N) is 1. The molecule has 1 unspecified atom stereocenters. The average molecular weight is 264 g/mol. The minimum absolute atomic E-state index is 0.144. The fourth-order valence-corrected chi connectivity index (χ4v) is 0.968. The van der Waals surface area contributed by atoms with Gasteiger partial charge < -0.3 is 5.32 Å². The third-order valence-corrected chi connectivity index (χ3v) is 2.13. The number of carbonyl (C=O) groups excluding carboxylic acids is 1. The zero-order valence-electron chi connectivity index (χ0n) is 6.92. The summed E-state index contributed by atoms with van der Waals surface area (Å²) in [6.07, 6.45) is 3.07. The maximum absolute atomic E-state index is 11.2. The zero-order valence-corrected chi connectivity index (χ0v) is 9.26. The summed E-state index contributed by atoms with van der Waals surface area (Å²) in [4.78, 5) is 14.8. The van der Waals surface area contributed by atoms with Crippen LogP contribution < -0.4 is 5.32 Å². The Kier molecular flexibility index (Phi) is 3.69. The third-order valence-electron chi connectivity index (χ3n) is 1.39. The smallest absolute Gasteiger partial charge is 0.237 e. The highest BCUT2D eigenvalue weighted by Crippen LogP contribution is 2.19. The van der Waals surface area contributed by atoms with E-state index in [2.05, 4.69) is 26.2 Å². The summed E-state index contributed by atoms with van der Waals surface area (Å²) in [5.74, 6) is -0.144. The highest BCUT2D eigenvalue weighted by atomic mass is 79.9. The maximum atomic E-state index is 11.2. The van der Waals surface area contributed by atoms with E-state index in [0.29, 0.717) is 10.7 Å². The molecule has 1 N–H and O–H groups in total. The number of hydrogen-bond acceptors (Lipinski definition) is 2. The number of nitrogens with zero attached hydrogens (tertiary/aromatic N) is 1. The van der Waals surface area contributed by atoms with Crippen LogP contribution in [0.3, 0.4) is 0 Å². The molecular weight excluding hydrogens is 255 g/mol. The Morgan fingerprint density at radius 2 is 2.46 bits per heavy atom. The van der Waals surface area contributed by atoms with Crippen LogP contribution in [0.1, 0.15) is 6.92 Å². The van der Waals surface area contributed by atoms with Crippen LogP contribution in [0.5, 0.6) is 0 Å². The third kappa shape index (κ3) is 2.97. The van der Waals surface area contributed by atoms with Crippen molar-refractivity contribution in [2.75, 3.05) is 5.32 Å². The Hall–Kier alpha value is -0.610. The number of amides is 1. The lowest BCUT2D eigenvalue weighted by molar-refractivity contribution is -0.115. The normalized spacial score (nSPS) is 12.2. The van der Waals surface area contributed by atoms with Gasteiger partial charge in [0.25, 0.3) is 0 Å². The Bertz CT molecular complexity index is 317. The lowest BCUT2D eigenvalue weighted by atomic mass is 10.4. The van der Waals surface area contributed by atoms with Gasteiger partial charge >= 0.3 is 0 Å². The van der Waals surface area contributed by atoms with Crippen molar-refractivity contribution >= 4 is 39.1 Å². The molecule has 0 aromatic carbocycles. The first-order valence-electron chi connectivity index (χ1n) is 3.65. The highest BCUT2D eigenvalue weighted by molar-refractivity contribution is 9.10. The van der Waals surface area contributed by atoms with Gasteiger partial charge in [-0.2, -0.15) is 0 Å². The molecule has 0 saturated heterocycles. The Morgan fingerprint density at radius 3 is 3.00 bits per heavy atom. The molecule has 1 atom stereocenters. The first-order valence-corrected chi connectivity index (χ1v) is 4.95. The number of carbonyl (C=O) groups is 1. The monoisotopic (exact) mass is 262 g/mol. The molecule has 0 radical (unpaired) electrons. The fourth-order valence-electron chi connectivity index (χ4n) is 0.702. The molecule has 5 heteroatoms. The number of aromatic nitrogens is 1. The molecule has 0 aliphatic carbocycles. The molecule has 0 saturated carbocycles. The molecular formula is C8H8BrClN2O. The van der Waals surface area contributed by atoms with Crippen LogP contribution in [0.2, 0.25) is 5.02 Å². The second kappa shape index (κ2) is 4.58. The molecule has 1 aromatic heterocycles. The SMILES string of the molecule is CC(Br)C(=O)Nc1cnccc1Cl. The molecule has 1 aromatic rings. The molecule has 0 fully saturated rings. The van der Waals surface area contributed by atoms with Crippen molar-refractivity contribution in [3.05, 3.63) is 23.5 Å². The van der Waals surface area contributed by atoms with Gasteiger partial charge in [-0.15, -0.1) is 0 Å². The maximum Gasteiger partial charge on any atom is 0.237 e. The van der Waals surface area contributed by atoms with Gasteiger partial charge in [0.1, 0.15) is 0 Å². The van der Waals surface area contributed by atoms with E-state index in [-0.39, 0.29) is 10.7 Å². The molecule has 1 heterocycles. The fraction of sp³-hybridized carbons (Fsp3) is 0.250. The number of halogens is 2. The van der Waals surface area contributed by atoms with E-state index in [1.165, 1.54) is 6.20 Å². The van der Waals surface area contributed by atoms with Crippen LogP contribution in [0.15, 0.2) is 18.5 Å². The lowest BCUT2D eigenvalue weighted by Gasteiger charge is -2.06. The molecule has 1 amide bonds. The van der Waals surface area contributed by atoms with E-state index >= 15 is 0 Å². The molecule has 1 rings (SSSR count). The van der Waals surface area contributed by atoms with E-state index in [1.807, 2.05) is 0 Å². The number of anilines is 1. The zero-order chi connectivity index (χ0) is 9.84. The average Bonchev–Trinajstić information content (AvgIpc) is 2.08. The molecule has 3 nitrogen and oxygen atoms in total. The summed E-state index contributed by atoms with van der Waals surface area (Å²) >= 11 is 8.95. The predicted molar refractivity (Wildman–Crippen MR) is 56.3 cm³/mol. The molecule has 0 spiro atoms. The molecule has 13 heavy (non-hydrogen) atoms. The van der Waals surface area contributed by atoms with Crippen LogP contribution in [-0.2, 0) is 4.79 Å². The van der Waals surface area contributed by atoms with E-state index in [0.717, 1.165) is 0 Å². The van der Waals surface area contributed by atoms with Crippen LogP contribution in [0.25, 0.3) is 0 Å². The number of alkyl halides is 1. The second-order valence-corrected chi connectivity index (χ2v) is 4.24. The molecule has 70 valence electrons. The lowest BCUT2D eigenvalue weighted by Crippen LogP contribution is -2.20. The molecule has 0 aliphatic rings. The second-order valence-electron chi connectivity index (χ2n) is 2.46. The minimum atomic E-state index is -0.247. The van der Waals surface area contributed by atoms with E-state index in [4.69, 9.17) is 11.6 Å². The van der Waals surface area contributed by atoms with E-state index in [1.54, 1.807) is 19.2 Å². The van der Waals surface area contributed by atoms with Gasteiger partial charge in [-0.05, 0) is 13.0 Å². The van der Waals surface area contributed by atoms with Gasteiger partial charge in [0.05, 0.1) is 21.7 Å². The largest absolute Gasteiger partial charge is 0.323 e. The van der Waals surface area contributed by atoms with Crippen molar-refractivity contribution in [3.63, 3.8) is 0 Å². The van der Waals surface area contributed by atoms with Crippen LogP contribution in [-0.4, -0.2) is 15.7 Å². The van der Waals surface area contributed by atoms with Crippen molar-refractivity contribution in [3.8, 4) is 0 Å². The summed E-state index contributed by atoms with van der Waals surface area (Å²) in [7, 11) is 0. The van der Waals surface area contributed by atoms with Gasteiger partial charge in [0, 0.05) is 6.20 Å². The first kappa shape index (κ1) is 10.5. The number of pyridine rings is 1. The summed E-state index contributed by atoms with van der Waals surface area (Å²) in [6.45, 7) is 1.74. The molecule has 0 aliphatic heterocycles. The summed E-state index contributed by atoms with van der Waals surface area (Å²) < 4.78 is 0. The summed E-state index contributed by atoms with van der Waals surface area (Å²) in [5, 5.41) is 3.11. The van der Waals surface area contributed by atoms with Crippen molar-refractivity contribution in [1.29, 1.82) is 0 Å². The van der Waals surface area contributed by atoms with Crippen molar-refractivity contribution in [1.82, 2.24) is 4.98 Å². The number of rotatable bonds is 2.